The van der Waals surface area contributed by atoms with Crippen LogP contribution in [-0.4, -0.2) is 24.7 Å². The first-order valence-electron chi connectivity index (χ1n) is 7.01. The zero-order valence-electron chi connectivity index (χ0n) is 12.5. The molecule has 0 aromatic carbocycles. The molecule has 0 N–H and O–H groups in total. The second kappa shape index (κ2) is 5.20. The summed E-state index contributed by atoms with van der Waals surface area (Å²) in [7, 11) is 1.86. The lowest BCUT2D eigenvalue weighted by Gasteiger charge is -2.00. The summed E-state index contributed by atoms with van der Waals surface area (Å²) in [5.74, 6) is -0.504. The molecule has 0 saturated carbocycles. The third-order valence-electron chi connectivity index (χ3n) is 3.56. The third kappa shape index (κ3) is 2.39. The minimum absolute atomic E-state index is 0.403. The van der Waals surface area contributed by atoms with Crippen LogP contribution in [0.4, 0.5) is 4.39 Å². The van der Waals surface area contributed by atoms with Crippen LogP contribution in [0.5, 0.6) is 0 Å². The first-order chi connectivity index (χ1) is 11.1. The van der Waals surface area contributed by atoms with Crippen molar-refractivity contribution in [3.05, 3.63) is 48.2 Å². The fourth-order valence-corrected chi connectivity index (χ4v) is 3.31. The summed E-state index contributed by atoms with van der Waals surface area (Å²) in [5.41, 5.74) is 3.34. The number of pyridine rings is 2. The van der Waals surface area contributed by atoms with Crippen molar-refractivity contribution in [2.24, 2.45) is 7.05 Å². The van der Waals surface area contributed by atoms with Gasteiger partial charge in [-0.2, -0.15) is 9.49 Å². The maximum Gasteiger partial charge on any atom is 0.223 e. The molecule has 114 valence electrons. The Labute approximate surface area is 135 Å². The molecule has 0 atom stereocenters. The molecule has 0 bridgehead atoms. The summed E-state index contributed by atoms with van der Waals surface area (Å²) in [4.78, 5) is 12.9. The maximum atomic E-state index is 14.0. The lowest BCUT2D eigenvalue weighted by molar-refractivity contribution is 0.584. The van der Waals surface area contributed by atoms with Crippen molar-refractivity contribution in [1.29, 1.82) is 0 Å². The average Bonchev–Trinajstić information content (AvgIpc) is 3.12. The Morgan fingerprint density at radius 2 is 1.91 bits per heavy atom. The van der Waals surface area contributed by atoms with Crippen molar-refractivity contribution in [2.45, 2.75) is 6.92 Å². The van der Waals surface area contributed by atoms with Crippen molar-refractivity contribution in [3.8, 4) is 22.0 Å². The molecule has 0 unspecified atom stereocenters. The molecule has 0 aliphatic heterocycles. The molecule has 4 aromatic rings. The van der Waals surface area contributed by atoms with Gasteiger partial charge in [-0.15, -0.1) is 11.3 Å². The van der Waals surface area contributed by atoms with Crippen LogP contribution in [0, 0.1) is 12.9 Å². The summed E-state index contributed by atoms with van der Waals surface area (Å²) in [6, 6.07) is 9.25. The van der Waals surface area contributed by atoms with Gasteiger partial charge in [-0.3, -0.25) is 4.68 Å². The number of nitrogens with zero attached hydrogens (tertiary/aromatic N) is 5. The number of hydrogen-bond acceptors (Lipinski definition) is 5. The first kappa shape index (κ1) is 14.0. The minimum Gasteiger partial charge on any atom is -0.266 e. The van der Waals surface area contributed by atoms with Gasteiger partial charge >= 0.3 is 0 Å². The van der Waals surface area contributed by atoms with Crippen molar-refractivity contribution < 1.29 is 4.39 Å². The largest absolute Gasteiger partial charge is 0.266 e. The van der Waals surface area contributed by atoms with Crippen LogP contribution in [0.3, 0.4) is 0 Å². The highest BCUT2D eigenvalue weighted by molar-refractivity contribution is 7.21. The Kier molecular flexibility index (Phi) is 3.16. The minimum atomic E-state index is -0.504. The molecular formula is C16H12FN5S. The second-order valence-corrected chi connectivity index (χ2v) is 6.20. The van der Waals surface area contributed by atoms with Gasteiger partial charge in [-0.25, -0.2) is 15.0 Å². The summed E-state index contributed by atoms with van der Waals surface area (Å²) < 4.78 is 16.7. The number of halogens is 1. The van der Waals surface area contributed by atoms with E-state index in [9.17, 15) is 4.39 Å². The van der Waals surface area contributed by atoms with Crippen LogP contribution < -0.4 is 0 Å². The molecular weight excluding hydrogens is 313 g/mol. The molecule has 0 aliphatic carbocycles. The van der Waals surface area contributed by atoms with Crippen molar-refractivity contribution in [3.63, 3.8) is 0 Å². The second-order valence-electron chi connectivity index (χ2n) is 5.17. The number of aryl methyl sites for hydroxylation is 2. The number of fused-ring (bicyclic) bond motifs is 1. The van der Waals surface area contributed by atoms with Crippen molar-refractivity contribution in [1.82, 2.24) is 24.7 Å². The van der Waals surface area contributed by atoms with Crippen LogP contribution in [0.2, 0.25) is 0 Å². The summed E-state index contributed by atoms with van der Waals surface area (Å²) >= 11 is 1.40. The number of hydrogen-bond donors (Lipinski definition) is 0. The monoisotopic (exact) mass is 325 g/mol. The van der Waals surface area contributed by atoms with E-state index in [0.717, 1.165) is 16.1 Å². The third-order valence-corrected chi connectivity index (χ3v) is 4.60. The van der Waals surface area contributed by atoms with Gasteiger partial charge in [0.2, 0.25) is 5.95 Å². The van der Waals surface area contributed by atoms with E-state index in [0.29, 0.717) is 21.9 Å². The molecule has 23 heavy (non-hydrogen) atoms. The fourth-order valence-electron chi connectivity index (χ4n) is 2.39. The van der Waals surface area contributed by atoms with E-state index in [1.165, 1.54) is 11.3 Å². The molecule has 4 rings (SSSR count). The van der Waals surface area contributed by atoms with E-state index in [-0.39, 0.29) is 0 Å². The SMILES string of the molecule is Cc1ccc(-c2nc3nc(-c4ccnn4C)ccc3s2)c(F)n1. The first-order valence-corrected chi connectivity index (χ1v) is 7.83. The lowest BCUT2D eigenvalue weighted by Crippen LogP contribution is -1.95. The highest BCUT2D eigenvalue weighted by Gasteiger charge is 2.14. The van der Waals surface area contributed by atoms with Crippen LogP contribution in [0.25, 0.3) is 32.3 Å². The molecule has 7 heteroatoms. The predicted octanol–water partition coefficient (Wildman–Crippen LogP) is 3.60. The molecule has 0 radical (unpaired) electrons. The molecule has 0 aliphatic rings. The van der Waals surface area contributed by atoms with E-state index < -0.39 is 5.95 Å². The van der Waals surface area contributed by atoms with E-state index >= 15 is 0 Å². The topological polar surface area (TPSA) is 56.5 Å². The molecule has 0 saturated heterocycles. The van der Waals surface area contributed by atoms with E-state index in [1.807, 2.05) is 25.2 Å². The van der Waals surface area contributed by atoms with Crippen LogP contribution >= 0.6 is 11.3 Å². The molecule has 0 fully saturated rings. The standard InChI is InChI=1S/C16H12FN5S/c1-9-3-4-10(14(17)19-9)16-21-15-13(23-16)6-5-11(20-15)12-7-8-18-22(12)2/h3-8H,1-2H3. The van der Waals surface area contributed by atoms with Crippen LogP contribution in [-0.2, 0) is 7.05 Å². The normalized spacial score (nSPS) is 11.3. The highest BCUT2D eigenvalue weighted by Crippen LogP contribution is 2.31. The summed E-state index contributed by atoms with van der Waals surface area (Å²) in [6.45, 7) is 1.76. The predicted molar refractivity (Wildman–Crippen MR) is 87.5 cm³/mol. The van der Waals surface area contributed by atoms with Gasteiger partial charge in [0.15, 0.2) is 5.65 Å². The smallest absolute Gasteiger partial charge is 0.223 e. The molecule has 4 aromatic heterocycles. The lowest BCUT2D eigenvalue weighted by atomic mass is 10.2. The highest BCUT2D eigenvalue weighted by atomic mass is 32.1. The van der Waals surface area contributed by atoms with Gasteiger partial charge in [-0.1, -0.05) is 0 Å². The summed E-state index contributed by atoms with van der Waals surface area (Å²) in [5, 5.41) is 4.73. The Morgan fingerprint density at radius 3 is 2.65 bits per heavy atom. The van der Waals surface area contributed by atoms with E-state index in [4.69, 9.17) is 0 Å². The Hall–Kier alpha value is -2.67. The van der Waals surface area contributed by atoms with E-state index in [2.05, 4.69) is 20.1 Å². The Bertz CT molecular complexity index is 1020. The fraction of sp³-hybridized carbons (Fsp3) is 0.125. The van der Waals surface area contributed by atoms with E-state index in [1.54, 1.807) is 29.9 Å². The van der Waals surface area contributed by atoms with Gasteiger partial charge in [-0.05, 0) is 37.3 Å². The van der Waals surface area contributed by atoms with Crippen molar-refractivity contribution >= 4 is 21.7 Å². The maximum absolute atomic E-state index is 14.0. The molecule has 4 heterocycles. The van der Waals surface area contributed by atoms with Gasteiger partial charge in [0.1, 0.15) is 5.01 Å². The average molecular weight is 325 g/mol. The van der Waals surface area contributed by atoms with Gasteiger partial charge in [0.25, 0.3) is 0 Å². The molecule has 0 spiro atoms. The summed E-state index contributed by atoms with van der Waals surface area (Å²) in [6.07, 6.45) is 1.72. The van der Waals surface area contributed by atoms with Crippen molar-refractivity contribution in [2.75, 3.05) is 0 Å². The molecule has 5 nitrogen and oxygen atoms in total. The number of aromatic nitrogens is 5. The number of thiazole rings is 1. The quantitative estimate of drug-likeness (QED) is 0.528. The van der Waals surface area contributed by atoms with Gasteiger partial charge < -0.3 is 0 Å². The van der Waals surface area contributed by atoms with Crippen LogP contribution in [0.15, 0.2) is 36.5 Å². The zero-order chi connectivity index (χ0) is 16.0. The Balaban J connectivity index is 1.84. The molecule has 0 amide bonds. The van der Waals surface area contributed by atoms with Gasteiger partial charge in [0.05, 0.1) is 21.7 Å². The number of rotatable bonds is 2. The van der Waals surface area contributed by atoms with Crippen LogP contribution in [0.1, 0.15) is 5.69 Å². The Morgan fingerprint density at radius 1 is 1.04 bits per heavy atom. The van der Waals surface area contributed by atoms with Gasteiger partial charge in [0, 0.05) is 18.9 Å². The zero-order valence-corrected chi connectivity index (χ0v) is 13.3.